The fourth-order valence-corrected chi connectivity index (χ4v) is 4.51. The minimum absolute atomic E-state index is 0.108. The van der Waals surface area contributed by atoms with Gasteiger partial charge in [0.05, 0.1) is 22.3 Å². The number of thioether (sulfide) groups is 1. The van der Waals surface area contributed by atoms with Crippen molar-refractivity contribution >= 4 is 39.9 Å². The molecule has 3 heterocycles. The molecule has 148 valence electrons. The van der Waals surface area contributed by atoms with Crippen molar-refractivity contribution in [3.63, 3.8) is 0 Å². The molecule has 0 amide bonds. The van der Waals surface area contributed by atoms with E-state index in [0.29, 0.717) is 26.8 Å². The van der Waals surface area contributed by atoms with Gasteiger partial charge in [-0.1, -0.05) is 47.6 Å². The van der Waals surface area contributed by atoms with Crippen LogP contribution in [0.15, 0.2) is 83.0 Å². The minimum Gasteiger partial charge on any atom is -0.307 e. The number of imidazole rings is 1. The van der Waals surface area contributed by atoms with Gasteiger partial charge in [0.2, 0.25) is 0 Å². The molecule has 0 aliphatic carbocycles. The second-order valence-electron chi connectivity index (χ2n) is 6.97. The third-order valence-electron chi connectivity index (χ3n) is 4.92. The maximum atomic E-state index is 13.4. The molecule has 0 N–H and O–H groups in total. The fraction of sp³-hybridized carbons (Fsp3) is 0.0870. The zero-order chi connectivity index (χ0) is 20.7. The Hall–Kier alpha value is -3.09. The van der Waals surface area contributed by atoms with Crippen molar-refractivity contribution in [2.24, 2.45) is 0 Å². The molecule has 0 saturated carbocycles. The predicted octanol–water partition coefficient (Wildman–Crippen LogP) is 5.29. The highest BCUT2D eigenvalue weighted by molar-refractivity contribution is 7.98. The molecule has 0 bridgehead atoms. The van der Waals surface area contributed by atoms with E-state index in [2.05, 4.69) is 4.98 Å². The topological polar surface area (TPSA) is 52.2 Å². The average Bonchev–Trinajstić information content (AvgIpc) is 3.16. The van der Waals surface area contributed by atoms with Crippen LogP contribution in [0.3, 0.4) is 0 Å². The summed E-state index contributed by atoms with van der Waals surface area (Å²) in [6, 6.07) is 18.9. The Kier molecular flexibility index (Phi) is 4.81. The number of rotatable bonds is 4. The second-order valence-corrected chi connectivity index (χ2v) is 8.35. The SMILES string of the molecule is Cc1ccccc1-n1c(SCc2cn3ccccc3n2)nc2cc(Cl)ccc2c1=O. The van der Waals surface area contributed by atoms with Crippen molar-refractivity contribution < 1.29 is 0 Å². The molecule has 5 aromatic rings. The smallest absolute Gasteiger partial charge is 0.266 e. The van der Waals surface area contributed by atoms with Crippen LogP contribution in [0.4, 0.5) is 0 Å². The average molecular weight is 433 g/mol. The van der Waals surface area contributed by atoms with Crippen LogP contribution >= 0.6 is 23.4 Å². The van der Waals surface area contributed by atoms with Gasteiger partial charge in [0.1, 0.15) is 5.65 Å². The summed E-state index contributed by atoms with van der Waals surface area (Å²) in [6.07, 6.45) is 3.96. The summed E-state index contributed by atoms with van der Waals surface area (Å²) < 4.78 is 3.67. The van der Waals surface area contributed by atoms with Gasteiger partial charge < -0.3 is 4.40 Å². The van der Waals surface area contributed by atoms with E-state index in [0.717, 1.165) is 22.6 Å². The fourth-order valence-electron chi connectivity index (χ4n) is 3.46. The minimum atomic E-state index is -0.108. The number of nitrogens with zero attached hydrogens (tertiary/aromatic N) is 4. The first-order valence-corrected chi connectivity index (χ1v) is 10.8. The number of hydrogen-bond donors (Lipinski definition) is 0. The molecule has 5 nitrogen and oxygen atoms in total. The van der Waals surface area contributed by atoms with Crippen molar-refractivity contribution in [2.75, 3.05) is 0 Å². The molecule has 0 atom stereocenters. The van der Waals surface area contributed by atoms with E-state index in [1.807, 2.05) is 66.2 Å². The molecule has 5 rings (SSSR count). The lowest BCUT2D eigenvalue weighted by Gasteiger charge is -2.15. The van der Waals surface area contributed by atoms with Gasteiger partial charge in [-0.3, -0.25) is 9.36 Å². The summed E-state index contributed by atoms with van der Waals surface area (Å²) in [4.78, 5) is 22.9. The Labute approximate surface area is 182 Å². The molecule has 7 heteroatoms. The van der Waals surface area contributed by atoms with Gasteiger partial charge in [-0.05, 0) is 48.9 Å². The molecular formula is C23H17ClN4OS. The van der Waals surface area contributed by atoms with Gasteiger partial charge in [-0.25, -0.2) is 9.97 Å². The summed E-state index contributed by atoms with van der Waals surface area (Å²) in [5.74, 6) is 0.589. The van der Waals surface area contributed by atoms with E-state index >= 15 is 0 Å². The van der Waals surface area contributed by atoms with Gasteiger partial charge in [0, 0.05) is 23.2 Å². The molecule has 0 radical (unpaired) electrons. The van der Waals surface area contributed by atoms with Gasteiger partial charge in [-0.2, -0.15) is 0 Å². The first-order chi connectivity index (χ1) is 14.6. The van der Waals surface area contributed by atoms with E-state index in [4.69, 9.17) is 16.6 Å². The van der Waals surface area contributed by atoms with Crippen LogP contribution in [0.1, 0.15) is 11.3 Å². The largest absolute Gasteiger partial charge is 0.307 e. The highest BCUT2D eigenvalue weighted by Gasteiger charge is 2.16. The summed E-state index contributed by atoms with van der Waals surface area (Å²) >= 11 is 7.64. The number of aromatic nitrogens is 4. The molecular weight excluding hydrogens is 416 g/mol. The first-order valence-electron chi connectivity index (χ1n) is 9.44. The second kappa shape index (κ2) is 7.63. The molecule has 2 aromatic carbocycles. The molecule has 0 spiro atoms. The summed E-state index contributed by atoms with van der Waals surface area (Å²) in [5, 5.41) is 1.71. The third kappa shape index (κ3) is 3.38. The van der Waals surface area contributed by atoms with E-state index in [1.165, 1.54) is 11.8 Å². The maximum absolute atomic E-state index is 13.4. The predicted molar refractivity (Wildman–Crippen MR) is 122 cm³/mol. The number of hydrogen-bond acceptors (Lipinski definition) is 4. The molecule has 0 aliphatic rings. The molecule has 3 aromatic heterocycles. The van der Waals surface area contributed by atoms with Gasteiger partial charge in [-0.15, -0.1) is 0 Å². The van der Waals surface area contributed by atoms with Crippen LogP contribution in [-0.2, 0) is 5.75 Å². The van der Waals surface area contributed by atoms with E-state index in [-0.39, 0.29) is 5.56 Å². The van der Waals surface area contributed by atoms with Crippen LogP contribution in [0.25, 0.3) is 22.2 Å². The van der Waals surface area contributed by atoms with Crippen LogP contribution < -0.4 is 5.56 Å². The number of aryl methyl sites for hydroxylation is 1. The van der Waals surface area contributed by atoms with Crippen molar-refractivity contribution in [3.05, 3.63) is 99.7 Å². The normalized spacial score (nSPS) is 11.4. The monoisotopic (exact) mass is 432 g/mol. The molecule has 0 unspecified atom stereocenters. The van der Waals surface area contributed by atoms with E-state index in [9.17, 15) is 4.79 Å². The van der Waals surface area contributed by atoms with Crippen molar-refractivity contribution in [2.45, 2.75) is 17.8 Å². The Morgan fingerprint density at radius 1 is 1.03 bits per heavy atom. The summed E-state index contributed by atoms with van der Waals surface area (Å²) in [7, 11) is 0. The lowest BCUT2D eigenvalue weighted by Crippen LogP contribution is -2.22. The zero-order valence-electron chi connectivity index (χ0n) is 16.1. The van der Waals surface area contributed by atoms with Crippen LogP contribution in [0.5, 0.6) is 0 Å². The molecule has 30 heavy (non-hydrogen) atoms. The van der Waals surface area contributed by atoms with Gasteiger partial charge in [0.15, 0.2) is 5.16 Å². The lowest BCUT2D eigenvalue weighted by atomic mass is 10.2. The zero-order valence-corrected chi connectivity index (χ0v) is 17.7. The van der Waals surface area contributed by atoms with Crippen molar-refractivity contribution in [1.82, 2.24) is 18.9 Å². The van der Waals surface area contributed by atoms with Crippen molar-refractivity contribution in [3.8, 4) is 5.69 Å². The number of para-hydroxylation sites is 1. The Morgan fingerprint density at radius 2 is 1.87 bits per heavy atom. The molecule has 0 aliphatic heterocycles. The van der Waals surface area contributed by atoms with Gasteiger partial charge >= 0.3 is 0 Å². The van der Waals surface area contributed by atoms with Crippen LogP contribution in [-0.4, -0.2) is 18.9 Å². The van der Waals surface area contributed by atoms with Crippen molar-refractivity contribution in [1.29, 1.82) is 0 Å². The maximum Gasteiger partial charge on any atom is 0.266 e. The third-order valence-corrected chi connectivity index (χ3v) is 6.13. The Balaban J connectivity index is 1.64. The van der Waals surface area contributed by atoms with Gasteiger partial charge in [0.25, 0.3) is 5.56 Å². The molecule has 0 saturated heterocycles. The van der Waals surface area contributed by atoms with Crippen LogP contribution in [0, 0.1) is 6.92 Å². The number of halogens is 1. The number of benzene rings is 2. The Morgan fingerprint density at radius 3 is 2.70 bits per heavy atom. The van der Waals surface area contributed by atoms with Crippen LogP contribution in [0.2, 0.25) is 5.02 Å². The number of fused-ring (bicyclic) bond motifs is 2. The van der Waals surface area contributed by atoms with E-state index in [1.54, 1.807) is 22.8 Å². The highest BCUT2D eigenvalue weighted by Crippen LogP contribution is 2.26. The summed E-state index contributed by atoms with van der Waals surface area (Å²) in [5.41, 5.74) is 4.12. The number of pyridine rings is 1. The standard InChI is InChI=1S/C23H17ClN4OS/c1-15-6-2-3-7-20(15)28-22(29)18-10-9-16(24)12-19(18)26-23(28)30-14-17-13-27-11-5-4-8-21(27)25-17/h2-13H,14H2,1H3. The lowest BCUT2D eigenvalue weighted by molar-refractivity contribution is 0.814. The highest BCUT2D eigenvalue weighted by atomic mass is 35.5. The first kappa shape index (κ1) is 18.9. The quantitative estimate of drug-likeness (QED) is 0.286. The molecule has 0 fully saturated rings. The Bertz CT molecular complexity index is 1420. The summed E-state index contributed by atoms with van der Waals surface area (Å²) in [6.45, 7) is 1.99. The van der Waals surface area contributed by atoms with E-state index < -0.39 is 0 Å².